The average Bonchev–Trinajstić information content (AvgIpc) is 2.73. The fraction of sp³-hybridized carbons (Fsp3) is 0.652. The highest BCUT2D eigenvalue weighted by Crippen LogP contribution is 2.14. The quantitative estimate of drug-likeness (QED) is 0.318. The number of benzene rings is 1. The molecule has 0 saturated heterocycles. The summed E-state index contributed by atoms with van der Waals surface area (Å²) in [6.45, 7) is 10.9. The zero-order valence-electron chi connectivity index (χ0n) is 19.8. The highest BCUT2D eigenvalue weighted by Gasteiger charge is 2.25. The first-order chi connectivity index (χ1) is 15.2. The summed E-state index contributed by atoms with van der Waals surface area (Å²) >= 11 is 0. The van der Waals surface area contributed by atoms with Gasteiger partial charge in [-0.3, -0.25) is 0 Å². The number of rotatable bonds is 15. The van der Waals surface area contributed by atoms with Crippen LogP contribution >= 0.6 is 0 Å². The number of hydrogen-bond donors (Lipinski definition) is 1. The molecule has 0 aliphatic carbocycles. The van der Waals surface area contributed by atoms with E-state index >= 15 is 0 Å². The van der Waals surface area contributed by atoms with Crippen LogP contribution in [0.1, 0.15) is 33.3 Å². The highest BCUT2D eigenvalue weighted by molar-refractivity contribution is 5.81. The number of ether oxygens (including phenoxy) is 6. The molecule has 0 bridgehead atoms. The molecule has 0 aliphatic heterocycles. The number of hydrogen-bond acceptors (Lipinski definition) is 8. The van der Waals surface area contributed by atoms with Crippen molar-refractivity contribution in [3.05, 3.63) is 29.8 Å². The van der Waals surface area contributed by atoms with E-state index in [0.29, 0.717) is 52.0 Å². The minimum absolute atomic E-state index is 0.263. The van der Waals surface area contributed by atoms with Crippen LogP contribution in [0.4, 0.5) is 4.79 Å². The van der Waals surface area contributed by atoms with Gasteiger partial charge in [-0.15, -0.1) is 0 Å². The Hall–Kier alpha value is -2.36. The molecular weight excluding hydrogens is 418 g/mol. The van der Waals surface area contributed by atoms with Crippen LogP contribution in [0.25, 0.3) is 0 Å². The first kappa shape index (κ1) is 27.7. The maximum atomic E-state index is 12.1. The van der Waals surface area contributed by atoms with Gasteiger partial charge in [-0.1, -0.05) is 12.1 Å². The zero-order valence-corrected chi connectivity index (χ0v) is 19.8. The van der Waals surface area contributed by atoms with Gasteiger partial charge in [0.1, 0.15) is 24.0 Å². The molecule has 32 heavy (non-hydrogen) atoms. The highest BCUT2D eigenvalue weighted by atomic mass is 16.6. The Labute approximate surface area is 190 Å². The predicted octanol–water partition coefficient (Wildman–Crippen LogP) is 2.74. The molecule has 0 fully saturated rings. The predicted molar refractivity (Wildman–Crippen MR) is 119 cm³/mol. The maximum absolute atomic E-state index is 12.1. The molecule has 0 unspecified atom stereocenters. The SMILES string of the molecule is CCOCCOCCOCCOc1ccc(C[C@H](NC(=O)OC(C)(C)C)C(=O)OC)cc1. The minimum atomic E-state index is -0.856. The number of carbonyl (C=O) groups is 2. The number of esters is 1. The maximum Gasteiger partial charge on any atom is 0.408 e. The van der Waals surface area contributed by atoms with E-state index in [-0.39, 0.29) is 6.42 Å². The molecule has 1 N–H and O–H groups in total. The number of amides is 1. The zero-order chi connectivity index (χ0) is 23.8. The van der Waals surface area contributed by atoms with Crippen molar-refractivity contribution >= 4 is 12.1 Å². The molecule has 1 amide bonds. The third-order valence-electron chi connectivity index (χ3n) is 3.98. The van der Waals surface area contributed by atoms with Gasteiger partial charge in [0, 0.05) is 13.0 Å². The van der Waals surface area contributed by atoms with Crippen molar-refractivity contribution in [2.45, 2.75) is 45.8 Å². The molecule has 0 saturated carbocycles. The summed E-state index contributed by atoms with van der Waals surface area (Å²) in [6.07, 6.45) is -0.411. The van der Waals surface area contributed by atoms with Gasteiger partial charge in [0.25, 0.3) is 0 Å². The van der Waals surface area contributed by atoms with E-state index in [1.54, 1.807) is 32.9 Å². The normalized spacial score (nSPS) is 12.2. The topological polar surface area (TPSA) is 102 Å². The van der Waals surface area contributed by atoms with E-state index in [0.717, 1.165) is 5.56 Å². The van der Waals surface area contributed by atoms with Crippen LogP contribution in [-0.2, 0) is 34.9 Å². The Kier molecular flexibility index (Phi) is 13.4. The fourth-order valence-corrected chi connectivity index (χ4v) is 2.55. The van der Waals surface area contributed by atoms with Crippen molar-refractivity contribution < 1.29 is 38.0 Å². The second-order valence-corrected chi connectivity index (χ2v) is 7.84. The Morgan fingerprint density at radius 3 is 2.00 bits per heavy atom. The lowest BCUT2D eigenvalue weighted by Crippen LogP contribution is -2.45. The molecule has 0 radical (unpaired) electrons. The Morgan fingerprint density at radius 1 is 0.906 bits per heavy atom. The first-order valence-electron chi connectivity index (χ1n) is 10.8. The van der Waals surface area contributed by atoms with Gasteiger partial charge in [0.15, 0.2) is 0 Å². The lowest BCUT2D eigenvalue weighted by atomic mass is 10.1. The Bertz CT molecular complexity index is 657. The Morgan fingerprint density at radius 2 is 1.47 bits per heavy atom. The average molecular weight is 456 g/mol. The van der Waals surface area contributed by atoms with E-state index in [2.05, 4.69) is 5.32 Å². The lowest BCUT2D eigenvalue weighted by Gasteiger charge is -2.22. The second kappa shape index (κ2) is 15.4. The van der Waals surface area contributed by atoms with Crippen molar-refractivity contribution in [2.24, 2.45) is 0 Å². The van der Waals surface area contributed by atoms with E-state index in [9.17, 15) is 9.59 Å². The second-order valence-electron chi connectivity index (χ2n) is 7.84. The van der Waals surface area contributed by atoms with Gasteiger partial charge in [0.2, 0.25) is 0 Å². The van der Waals surface area contributed by atoms with Crippen LogP contribution in [0.3, 0.4) is 0 Å². The number of nitrogens with one attached hydrogen (secondary N) is 1. The van der Waals surface area contributed by atoms with Gasteiger partial charge in [-0.2, -0.15) is 0 Å². The third-order valence-corrected chi connectivity index (χ3v) is 3.98. The summed E-state index contributed by atoms with van der Waals surface area (Å²) in [5, 5.41) is 2.56. The number of methoxy groups -OCH3 is 1. The molecule has 1 aromatic carbocycles. The molecule has 0 spiro atoms. The van der Waals surface area contributed by atoms with Crippen molar-refractivity contribution in [3.63, 3.8) is 0 Å². The van der Waals surface area contributed by atoms with Crippen LogP contribution in [0, 0.1) is 0 Å². The third kappa shape index (κ3) is 13.1. The van der Waals surface area contributed by atoms with Gasteiger partial charge < -0.3 is 33.7 Å². The fourth-order valence-electron chi connectivity index (χ4n) is 2.55. The van der Waals surface area contributed by atoms with E-state index < -0.39 is 23.7 Å². The minimum Gasteiger partial charge on any atom is -0.491 e. The summed E-state index contributed by atoms with van der Waals surface area (Å²) in [6, 6.07) is 6.40. The first-order valence-corrected chi connectivity index (χ1v) is 10.8. The van der Waals surface area contributed by atoms with Gasteiger partial charge in [-0.05, 0) is 45.4 Å². The smallest absolute Gasteiger partial charge is 0.408 e. The van der Waals surface area contributed by atoms with Crippen molar-refractivity contribution in [1.29, 1.82) is 0 Å². The van der Waals surface area contributed by atoms with E-state index in [4.69, 9.17) is 28.4 Å². The summed E-state index contributed by atoms with van der Waals surface area (Å²) < 4.78 is 31.6. The van der Waals surface area contributed by atoms with Crippen molar-refractivity contribution in [2.75, 3.05) is 53.4 Å². The van der Waals surface area contributed by atoms with Gasteiger partial charge >= 0.3 is 12.1 Å². The molecule has 1 rings (SSSR count). The standard InChI is InChI=1S/C23H37NO8/c1-6-28-11-12-29-13-14-30-15-16-31-19-9-7-18(8-10-19)17-20(21(25)27-5)24-22(26)32-23(2,3)4/h7-10,20H,6,11-17H2,1-5H3,(H,24,26)/t20-/m0/s1. The molecule has 0 heterocycles. The monoisotopic (exact) mass is 455 g/mol. The van der Waals surface area contributed by atoms with E-state index in [1.165, 1.54) is 7.11 Å². The molecule has 9 heteroatoms. The van der Waals surface area contributed by atoms with Crippen LogP contribution in [-0.4, -0.2) is 77.1 Å². The largest absolute Gasteiger partial charge is 0.491 e. The Balaban J connectivity index is 2.36. The molecule has 182 valence electrons. The molecule has 1 atom stereocenters. The summed E-state index contributed by atoms with van der Waals surface area (Å²) in [5.41, 5.74) is 0.175. The number of carbonyl (C=O) groups excluding carboxylic acids is 2. The molecule has 0 aromatic heterocycles. The van der Waals surface area contributed by atoms with Crippen molar-refractivity contribution in [1.82, 2.24) is 5.32 Å². The lowest BCUT2D eigenvalue weighted by molar-refractivity contribution is -0.143. The van der Waals surface area contributed by atoms with Gasteiger partial charge in [0.05, 0.1) is 40.1 Å². The summed E-state index contributed by atoms with van der Waals surface area (Å²) in [5.74, 6) is 0.134. The van der Waals surface area contributed by atoms with E-state index in [1.807, 2.05) is 19.1 Å². The molecular formula is C23H37NO8. The van der Waals surface area contributed by atoms with Crippen LogP contribution in [0.15, 0.2) is 24.3 Å². The molecule has 0 aliphatic rings. The van der Waals surface area contributed by atoms with Crippen LogP contribution in [0.5, 0.6) is 5.75 Å². The molecule has 9 nitrogen and oxygen atoms in total. The van der Waals surface area contributed by atoms with Crippen molar-refractivity contribution in [3.8, 4) is 5.75 Å². The summed E-state index contributed by atoms with van der Waals surface area (Å²) in [7, 11) is 1.28. The molecule has 1 aromatic rings. The number of alkyl carbamates (subject to hydrolysis) is 1. The van der Waals surface area contributed by atoms with Crippen LogP contribution in [0.2, 0.25) is 0 Å². The summed E-state index contributed by atoms with van der Waals surface area (Å²) in [4.78, 5) is 24.1. The van der Waals surface area contributed by atoms with Gasteiger partial charge in [-0.25, -0.2) is 9.59 Å². The van der Waals surface area contributed by atoms with Crippen LogP contribution < -0.4 is 10.1 Å².